The number of allylic oxidation sites excluding steroid dienone is 3. The van der Waals surface area contributed by atoms with E-state index >= 15 is 4.39 Å². The number of quaternary nitrogens is 1. The lowest BCUT2D eigenvalue weighted by atomic mass is 9.68. The molecule has 2 heterocycles. The summed E-state index contributed by atoms with van der Waals surface area (Å²) in [5.41, 5.74) is 13.5. The van der Waals surface area contributed by atoms with Crippen LogP contribution in [0.1, 0.15) is 16.9 Å². The summed E-state index contributed by atoms with van der Waals surface area (Å²) >= 11 is 6.33. The van der Waals surface area contributed by atoms with Gasteiger partial charge in [0.15, 0.2) is 11.4 Å². The van der Waals surface area contributed by atoms with Crippen LogP contribution in [0, 0.1) is 0 Å². The van der Waals surface area contributed by atoms with E-state index in [1.807, 2.05) is 0 Å². The maximum absolute atomic E-state index is 17.6. The highest BCUT2D eigenvalue weighted by Gasteiger charge is 2.82. The molecule has 1 fully saturated rings. The first kappa shape index (κ1) is 26.8. The number of nitrogens with zero attached hydrogens (tertiary/aromatic N) is 2. The summed E-state index contributed by atoms with van der Waals surface area (Å²) in [7, 11) is 0. The lowest BCUT2D eigenvalue weighted by Crippen LogP contribution is -2.79. The molecule has 1 saturated heterocycles. The number of benzene rings is 1. The smallest absolute Gasteiger partial charge is 0.476 e. The van der Waals surface area contributed by atoms with Crippen molar-refractivity contribution in [1.29, 1.82) is 0 Å². The summed E-state index contributed by atoms with van der Waals surface area (Å²) in [6, 6.07) is 2.86. The number of nitrogens with two attached hydrogens (primary N) is 4. The first-order chi connectivity index (χ1) is 17.7. The number of carboxylic acid groups (broad SMARTS) is 2. The molecule has 3 unspecified atom stereocenters. The molecular formula is C23H23ClFN6O7+. The van der Waals surface area contributed by atoms with E-state index in [1.54, 1.807) is 0 Å². The number of fused-ring (bicyclic) bond motifs is 1. The Morgan fingerprint density at radius 3 is 2.24 bits per heavy atom. The van der Waals surface area contributed by atoms with Crippen molar-refractivity contribution in [3.63, 3.8) is 0 Å². The number of para-hydroxylation sites is 1. The number of likely N-dealkylation sites (tertiary alicyclic amines) is 1. The molecule has 0 bridgehead atoms. The van der Waals surface area contributed by atoms with Crippen LogP contribution in [-0.4, -0.2) is 73.9 Å². The van der Waals surface area contributed by atoms with E-state index in [2.05, 4.69) is 0 Å². The Labute approximate surface area is 218 Å². The van der Waals surface area contributed by atoms with Gasteiger partial charge in [-0.05, 0) is 12.1 Å². The largest absolute Gasteiger partial charge is 0.519 e. The normalized spacial score (nSPS) is 30.7. The number of carboxylic acids is 1. The third-order valence-electron chi connectivity index (χ3n) is 7.26. The third-order valence-corrected chi connectivity index (χ3v) is 7.71. The molecule has 2 aromatic rings. The number of alkyl halides is 2. The Bertz CT molecular complexity index is 1500. The van der Waals surface area contributed by atoms with Crippen LogP contribution in [0.4, 0.5) is 19.7 Å². The van der Waals surface area contributed by atoms with E-state index in [-0.39, 0.29) is 10.9 Å². The number of carbonyl (C=O) groups excluding carboxylic acids is 3. The number of aliphatic carboxylic acids is 1. The molecular weight excluding hydrogens is 527 g/mol. The molecule has 0 spiro atoms. The van der Waals surface area contributed by atoms with Crippen LogP contribution in [0.15, 0.2) is 48.1 Å². The monoisotopic (exact) mass is 549 g/mol. The Morgan fingerprint density at radius 2 is 1.71 bits per heavy atom. The van der Waals surface area contributed by atoms with Crippen molar-refractivity contribution in [3.05, 3.63) is 53.8 Å². The zero-order valence-electron chi connectivity index (χ0n) is 19.5. The Morgan fingerprint density at radius 1 is 1.08 bits per heavy atom. The van der Waals surface area contributed by atoms with Gasteiger partial charge in [-0.25, -0.2) is 14.0 Å². The van der Waals surface area contributed by atoms with Gasteiger partial charge in [0, 0.05) is 6.42 Å². The second kappa shape index (κ2) is 8.65. The number of amides is 4. The maximum Gasteiger partial charge on any atom is 0.519 e. The first-order valence-corrected chi connectivity index (χ1v) is 11.5. The standard InChI is InChI=1S/C23H22ClFN6O7/c24-14-7-3-5-12(17(27)32)23(14,25)22(19(34)35)8-10(26)9-31(22,21(37)38)16-11-4-1-2-6-13(11)30(20(29)36)15(16)18(28)33/h1-7,10,14H,8-9,26H2,(H7-,27,28,29,32,33,34,35,36,37,38)/p+1/t10-,14?,22+,23?,31?/m0/s1. The number of hydrogen-bond donors (Lipinski definition) is 6. The fraction of sp³-hybridized carbons (Fsp3) is 0.261. The minimum absolute atomic E-state index is 0.105. The molecule has 15 heteroatoms. The highest BCUT2D eigenvalue weighted by molar-refractivity contribution is 6.25. The van der Waals surface area contributed by atoms with Crippen molar-refractivity contribution in [1.82, 2.24) is 9.05 Å². The van der Waals surface area contributed by atoms with Crippen LogP contribution in [0.3, 0.4) is 0 Å². The van der Waals surface area contributed by atoms with Crippen LogP contribution in [0.5, 0.6) is 0 Å². The number of carbonyl (C=O) groups is 5. The van der Waals surface area contributed by atoms with Crippen LogP contribution < -0.4 is 27.4 Å². The summed E-state index contributed by atoms with van der Waals surface area (Å²) in [6.07, 6.45) is 0.244. The molecule has 10 N–H and O–H groups in total. The first-order valence-electron chi connectivity index (χ1n) is 11.1. The van der Waals surface area contributed by atoms with Crippen LogP contribution in [0.25, 0.3) is 10.9 Å². The van der Waals surface area contributed by atoms with E-state index < -0.39 is 86.9 Å². The highest BCUT2D eigenvalue weighted by Crippen LogP contribution is 2.57. The van der Waals surface area contributed by atoms with E-state index in [0.717, 1.165) is 12.2 Å². The number of halogens is 2. The molecule has 4 rings (SSSR count). The average molecular weight is 550 g/mol. The van der Waals surface area contributed by atoms with Crippen molar-refractivity contribution >= 4 is 58.1 Å². The lowest BCUT2D eigenvalue weighted by Gasteiger charge is -2.49. The Hall–Kier alpha value is -4.27. The van der Waals surface area contributed by atoms with Gasteiger partial charge < -0.3 is 33.1 Å². The summed E-state index contributed by atoms with van der Waals surface area (Å²) in [4.78, 5) is 64.3. The SMILES string of the molecule is NC(=O)C1=CC=CC(Cl)C1(F)[C@]1(C(=O)O)C[C@H](N)C[N+]1(C(=O)O)c1c(C(N)=O)n(C(N)=O)c2ccccc12. The zero-order chi connectivity index (χ0) is 28.4. The summed E-state index contributed by atoms with van der Waals surface area (Å²) in [5, 5.41) is 19.5. The number of rotatable bonds is 5. The lowest BCUT2D eigenvalue weighted by molar-refractivity contribution is -0.157. The highest BCUT2D eigenvalue weighted by atomic mass is 35.5. The van der Waals surface area contributed by atoms with Gasteiger partial charge in [0.1, 0.15) is 6.54 Å². The van der Waals surface area contributed by atoms with Gasteiger partial charge in [-0.15, -0.1) is 11.6 Å². The van der Waals surface area contributed by atoms with Gasteiger partial charge in [-0.3, -0.25) is 14.2 Å². The molecule has 0 saturated carbocycles. The van der Waals surface area contributed by atoms with Crippen molar-refractivity contribution in [2.45, 2.75) is 29.0 Å². The van der Waals surface area contributed by atoms with Gasteiger partial charge in [0.05, 0.1) is 27.9 Å². The van der Waals surface area contributed by atoms with E-state index in [0.29, 0.717) is 4.57 Å². The summed E-state index contributed by atoms with van der Waals surface area (Å²) in [6.45, 7) is -0.806. The zero-order valence-corrected chi connectivity index (χ0v) is 20.3. The second-order valence-electron chi connectivity index (χ2n) is 9.10. The molecule has 2 aliphatic rings. The van der Waals surface area contributed by atoms with E-state index in [9.17, 15) is 34.2 Å². The fourth-order valence-electron chi connectivity index (χ4n) is 5.99. The topological polar surface area (TPSA) is 235 Å². The van der Waals surface area contributed by atoms with E-state index in [1.165, 1.54) is 30.3 Å². The van der Waals surface area contributed by atoms with Crippen LogP contribution >= 0.6 is 11.6 Å². The number of hydrogen-bond acceptors (Lipinski definition) is 6. The summed E-state index contributed by atoms with van der Waals surface area (Å²) < 4.78 is 16.3. The molecule has 0 radical (unpaired) electrons. The van der Waals surface area contributed by atoms with Gasteiger partial charge in [-0.1, -0.05) is 30.4 Å². The van der Waals surface area contributed by atoms with Gasteiger partial charge in [-0.2, -0.15) is 9.28 Å². The van der Waals surface area contributed by atoms with Crippen LogP contribution in [0.2, 0.25) is 0 Å². The van der Waals surface area contributed by atoms with Crippen molar-refractivity contribution in [2.24, 2.45) is 22.9 Å². The quantitative estimate of drug-likeness (QED) is 0.226. The predicted molar refractivity (Wildman–Crippen MR) is 133 cm³/mol. The molecule has 5 atom stereocenters. The minimum atomic E-state index is -3.49. The molecule has 4 amide bonds. The molecule has 13 nitrogen and oxygen atoms in total. The fourth-order valence-corrected chi connectivity index (χ4v) is 6.37. The number of aromatic nitrogens is 1. The average Bonchev–Trinajstić information content (AvgIpc) is 3.35. The minimum Gasteiger partial charge on any atom is -0.476 e. The van der Waals surface area contributed by atoms with Crippen molar-refractivity contribution in [3.8, 4) is 0 Å². The molecule has 200 valence electrons. The molecule has 38 heavy (non-hydrogen) atoms. The third kappa shape index (κ3) is 3.07. The van der Waals surface area contributed by atoms with Crippen LogP contribution in [-0.2, 0) is 9.59 Å². The van der Waals surface area contributed by atoms with Gasteiger partial charge >= 0.3 is 18.1 Å². The number of primary amides is 3. The molecule has 1 aromatic carbocycles. The molecule has 1 aromatic heterocycles. The van der Waals surface area contributed by atoms with Crippen molar-refractivity contribution in [2.75, 3.05) is 6.54 Å². The van der Waals surface area contributed by atoms with E-state index in [4.69, 9.17) is 34.5 Å². The second-order valence-corrected chi connectivity index (χ2v) is 9.57. The Kier molecular flexibility index (Phi) is 6.10. The Balaban J connectivity index is 2.31. The van der Waals surface area contributed by atoms with Crippen molar-refractivity contribution < 1.29 is 38.6 Å². The predicted octanol–water partition coefficient (Wildman–Crippen LogP) is 0.504. The summed E-state index contributed by atoms with van der Waals surface area (Å²) in [5.74, 6) is -4.81. The maximum atomic E-state index is 17.6. The van der Waals surface area contributed by atoms with Gasteiger partial charge in [0.25, 0.3) is 11.4 Å². The molecule has 1 aliphatic heterocycles. The molecule has 1 aliphatic carbocycles. The van der Waals surface area contributed by atoms with Gasteiger partial charge in [0.2, 0.25) is 11.6 Å².